The first-order chi connectivity index (χ1) is 28.0. The lowest BCUT2D eigenvalue weighted by Crippen LogP contribution is -2.27. The van der Waals surface area contributed by atoms with E-state index in [1.54, 1.807) is 42.5 Å². The average Bonchev–Trinajstić information content (AvgIpc) is 3.54. The van der Waals surface area contributed by atoms with Crippen LogP contribution >= 0.6 is 0 Å². The van der Waals surface area contributed by atoms with Crippen molar-refractivity contribution in [3.63, 3.8) is 0 Å². The molecule has 0 radical (unpaired) electrons. The molecule has 3 aromatic carbocycles. The van der Waals surface area contributed by atoms with Gasteiger partial charge in [-0.1, -0.05) is 75.7 Å². The number of hydrogen-bond acceptors (Lipinski definition) is 10. The Morgan fingerprint density at radius 3 is 2.17 bits per heavy atom. The van der Waals surface area contributed by atoms with E-state index in [-0.39, 0.29) is 58.9 Å². The predicted octanol–water partition coefficient (Wildman–Crippen LogP) is 8.88. The number of aromatic nitrogens is 4. The normalized spacial score (nSPS) is 12.5. The Morgan fingerprint density at radius 1 is 0.900 bits per heavy atom. The predicted molar refractivity (Wildman–Crippen MR) is 227 cm³/mol. The van der Waals surface area contributed by atoms with Gasteiger partial charge in [-0.3, -0.25) is 4.31 Å². The number of anilines is 2. The van der Waals surface area contributed by atoms with Crippen LogP contribution in [0.4, 0.5) is 29.1 Å². The van der Waals surface area contributed by atoms with E-state index in [4.69, 9.17) is 14.2 Å². The first-order valence-corrected chi connectivity index (χ1v) is 27.9. The van der Waals surface area contributed by atoms with E-state index >= 15 is 4.39 Å². The van der Waals surface area contributed by atoms with Crippen LogP contribution in [0.25, 0.3) is 22.4 Å². The zero-order valence-electron chi connectivity index (χ0n) is 34.6. The molecule has 2 aromatic heterocycles. The van der Waals surface area contributed by atoms with Crippen molar-refractivity contribution in [2.24, 2.45) is 0 Å². The number of aromatic carboxylic acids is 1. The molecule has 0 aliphatic heterocycles. The number of carboxylic acid groups (broad SMARTS) is 1. The molecule has 13 nitrogen and oxygen atoms in total. The third-order valence-corrected chi connectivity index (χ3v) is 14.5. The second kappa shape index (κ2) is 18.8. The van der Waals surface area contributed by atoms with Gasteiger partial charge >= 0.3 is 12.1 Å². The fourth-order valence-electron chi connectivity index (χ4n) is 5.93. The van der Waals surface area contributed by atoms with Crippen LogP contribution in [0.2, 0.25) is 51.4 Å². The van der Waals surface area contributed by atoms with E-state index in [2.05, 4.69) is 59.7 Å². The molecule has 0 fully saturated rings. The Bertz CT molecular complexity index is 2410. The highest BCUT2D eigenvalue weighted by atomic mass is 32.2. The molecule has 5 rings (SSSR count). The molecule has 0 amide bonds. The molecule has 2 N–H and O–H groups in total. The molecule has 5 aromatic rings. The Labute approximate surface area is 348 Å². The number of fused-ring (bicyclic) bond motifs is 1. The number of nitrogens with one attached hydrogen (secondary N) is 1. The molecule has 2 heterocycles. The van der Waals surface area contributed by atoms with Gasteiger partial charge in [-0.15, -0.1) is 0 Å². The van der Waals surface area contributed by atoms with Crippen LogP contribution in [0, 0.1) is 5.82 Å². The van der Waals surface area contributed by atoms with Crippen LogP contribution in [0.15, 0.2) is 71.6 Å². The van der Waals surface area contributed by atoms with Crippen LogP contribution in [0.5, 0.6) is 5.75 Å². The third kappa shape index (κ3) is 12.1. The summed E-state index contributed by atoms with van der Waals surface area (Å²) in [4.78, 5) is 21.7. The maximum absolute atomic E-state index is 15.8. The van der Waals surface area contributed by atoms with Crippen LogP contribution in [0.3, 0.4) is 0 Å². The quantitative estimate of drug-likeness (QED) is 0.0333. The van der Waals surface area contributed by atoms with E-state index in [0.717, 1.165) is 28.5 Å². The monoisotopic (exact) mass is 890 g/mol. The number of benzene rings is 3. The summed E-state index contributed by atoms with van der Waals surface area (Å²) in [6, 6.07) is 17.7. The lowest BCUT2D eigenvalue weighted by atomic mass is 10.0. The highest BCUT2D eigenvalue weighted by Gasteiger charge is 2.32. The zero-order valence-corrected chi connectivity index (χ0v) is 37.4. The summed E-state index contributed by atoms with van der Waals surface area (Å²) >= 11 is 0. The van der Waals surface area contributed by atoms with Crippen molar-refractivity contribution in [2.45, 2.75) is 82.1 Å². The van der Waals surface area contributed by atoms with Gasteiger partial charge in [0.1, 0.15) is 12.5 Å². The van der Waals surface area contributed by atoms with Crippen molar-refractivity contribution in [1.29, 1.82) is 0 Å². The van der Waals surface area contributed by atoms with E-state index in [9.17, 15) is 31.5 Å². The van der Waals surface area contributed by atoms with Crippen molar-refractivity contribution in [3.05, 3.63) is 89.4 Å². The molecular weight excluding hydrogens is 841 g/mol. The smallest absolute Gasteiger partial charge is 0.393 e. The molecule has 0 aliphatic rings. The summed E-state index contributed by atoms with van der Waals surface area (Å²) in [6.45, 7) is 12.8. The number of hydrogen-bond donors (Lipinski definition) is 2. The molecule has 0 bridgehead atoms. The van der Waals surface area contributed by atoms with Gasteiger partial charge in [0.25, 0.3) is 10.0 Å². The topological polar surface area (TPSA) is 158 Å². The fourth-order valence-corrected chi connectivity index (χ4v) is 8.70. The van der Waals surface area contributed by atoms with Gasteiger partial charge in [0.15, 0.2) is 35.5 Å². The number of sulfonamides is 1. The highest BCUT2D eigenvalue weighted by molar-refractivity contribution is 7.92. The first kappa shape index (κ1) is 46.2. The van der Waals surface area contributed by atoms with Crippen molar-refractivity contribution in [2.75, 3.05) is 36.7 Å². The van der Waals surface area contributed by atoms with Gasteiger partial charge in [-0.2, -0.15) is 18.3 Å². The zero-order chi connectivity index (χ0) is 44.0. The number of ether oxygens (including phenoxy) is 3. The molecule has 0 saturated heterocycles. The van der Waals surface area contributed by atoms with Crippen molar-refractivity contribution < 1.29 is 50.1 Å². The molecule has 324 valence electrons. The Morgan fingerprint density at radius 2 is 1.53 bits per heavy atom. The van der Waals surface area contributed by atoms with Gasteiger partial charge in [0.05, 0.1) is 22.4 Å². The molecule has 0 aliphatic carbocycles. The lowest BCUT2D eigenvalue weighted by Gasteiger charge is -2.23. The minimum Gasteiger partial charge on any atom is -0.476 e. The minimum absolute atomic E-state index is 0.0517. The Balaban J connectivity index is 1.61. The number of nitrogens with zero attached hydrogens (tertiary/aromatic N) is 5. The summed E-state index contributed by atoms with van der Waals surface area (Å²) in [7, 11) is -5.62. The van der Waals surface area contributed by atoms with Crippen molar-refractivity contribution >= 4 is 54.7 Å². The molecule has 0 saturated carbocycles. The summed E-state index contributed by atoms with van der Waals surface area (Å²) in [5, 5.41) is 17.5. The van der Waals surface area contributed by atoms with Crippen LogP contribution < -0.4 is 14.4 Å². The maximum Gasteiger partial charge on any atom is 0.393 e. The molecule has 60 heavy (non-hydrogen) atoms. The van der Waals surface area contributed by atoms with Crippen LogP contribution in [0.1, 0.15) is 21.6 Å². The SMILES string of the molecule is CN(c1ccccc1CNc1nc(-c2cc(F)c(OCOCC[Si](C)(C)C)cc2CC(F)(F)F)nc2c1c(C(=O)O)nn2COCC[Si](C)(C)C)S(=O)(=O)c1ccccc1. The lowest BCUT2D eigenvalue weighted by molar-refractivity contribution is -0.127. The van der Waals surface area contributed by atoms with Gasteiger partial charge in [0.2, 0.25) is 0 Å². The number of rotatable bonds is 20. The largest absolute Gasteiger partial charge is 0.476 e. The standard InChI is InChI=1S/C40H50F4N6O7SSi2/c1-49(58(53,54)29-14-9-8-10-15-29)32-16-12-11-13-27(32)24-45-37-34-35(39(51)52)48-50(25-55-17-19-59(2,3)4)38(34)47-36(46-37)30-22-31(41)33(21-28(30)23-40(42,43)44)57-26-56-18-20-60(5,6)7/h8-16,21-22H,17-20,23-26H2,1-7H3,(H,51,52)(H,45,46,47). The summed E-state index contributed by atoms with van der Waals surface area (Å²) in [5.74, 6) is -3.47. The van der Waals surface area contributed by atoms with Gasteiger partial charge in [-0.25, -0.2) is 32.3 Å². The summed E-state index contributed by atoms with van der Waals surface area (Å²) < 4.78 is 104. The van der Waals surface area contributed by atoms with Crippen LogP contribution in [-0.4, -0.2) is 88.6 Å². The third-order valence-electron chi connectivity index (χ3n) is 9.27. The number of carbonyl (C=O) groups is 1. The fraction of sp³-hybridized carbons (Fsp3) is 0.400. The summed E-state index contributed by atoms with van der Waals surface area (Å²) in [6.07, 6.45) is -6.25. The number of halogens is 4. The van der Waals surface area contributed by atoms with Crippen molar-refractivity contribution in [1.82, 2.24) is 19.7 Å². The maximum atomic E-state index is 15.8. The Hall–Kier alpha value is -4.90. The number of carboxylic acids is 1. The molecule has 0 unspecified atom stereocenters. The second-order valence-corrected chi connectivity index (χ2v) is 29.8. The van der Waals surface area contributed by atoms with E-state index in [1.807, 2.05) is 0 Å². The number of alkyl halides is 3. The van der Waals surface area contributed by atoms with Gasteiger partial charge < -0.3 is 24.6 Å². The molecule has 0 atom stereocenters. The van der Waals surface area contributed by atoms with Gasteiger partial charge in [-0.05, 0) is 53.5 Å². The number of para-hydroxylation sites is 1. The summed E-state index contributed by atoms with van der Waals surface area (Å²) in [5.41, 5.74) is -0.632. The minimum atomic E-state index is -4.75. The molecule has 20 heteroatoms. The highest BCUT2D eigenvalue weighted by Crippen LogP contribution is 2.36. The van der Waals surface area contributed by atoms with E-state index in [1.165, 1.54) is 23.9 Å². The van der Waals surface area contributed by atoms with Crippen molar-refractivity contribution in [3.8, 4) is 17.1 Å². The van der Waals surface area contributed by atoms with Gasteiger partial charge in [0, 0.05) is 48.5 Å². The first-order valence-electron chi connectivity index (χ1n) is 19.1. The van der Waals surface area contributed by atoms with E-state index < -0.39 is 67.6 Å². The molecule has 0 spiro atoms. The second-order valence-electron chi connectivity index (χ2n) is 16.6. The average molecular weight is 891 g/mol. The molecular formula is C40H50F4N6O7SSi2. The Kier molecular flexibility index (Phi) is 14.5. The van der Waals surface area contributed by atoms with Crippen LogP contribution in [-0.2, 0) is 39.2 Å². The van der Waals surface area contributed by atoms with E-state index in [0.29, 0.717) is 18.8 Å².